The number of carboxylic acids is 1. The number of carbonyl (C=O) groups is 5. The number of aromatic carboxylic acids is 1. The molecule has 0 aromatic heterocycles. The van der Waals surface area contributed by atoms with Crippen LogP contribution in [-0.4, -0.2) is 61.5 Å². The fraction of sp³-hybridized carbons (Fsp3) is 0.207. The molecular formula is C29H28N2O12. The predicted octanol–water partition coefficient (Wildman–Crippen LogP) is 3.80. The molecule has 7 N–H and O–H groups in total. The fourth-order valence-corrected chi connectivity index (χ4v) is 3.49. The second kappa shape index (κ2) is 12.4. The Bertz CT molecular complexity index is 1620. The highest BCUT2D eigenvalue weighted by molar-refractivity contribution is 6.13. The maximum absolute atomic E-state index is 13.0. The molecule has 0 saturated heterocycles. The van der Waals surface area contributed by atoms with E-state index in [2.05, 4.69) is 10.6 Å². The highest BCUT2D eigenvalue weighted by Crippen LogP contribution is 2.31. The number of hydrogen-bond acceptors (Lipinski definition) is 11. The van der Waals surface area contributed by atoms with Crippen LogP contribution < -0.4 is 10.6 Å². The highest BCUT2D eigenvalue weighted by Gasteiger charge is 2.27. The van der Waals surface area contributed by atoms with Gasteiger partial charge in [0.2, 0.25) is 6.29 Å². The van der Waals surface area contributed by atoms with Crippen molar-refractivity contribution in [2.24, 2.45) is 5.41 Å². The highest BCUT2D eigenvalue weighted by atomic mass is 16.7. The third kappa shape index (κ3) is 7.70. The molecule has 0 radical (unpaired) electrons. The molecule has 14 heteroatoms. The van der Waals surface area contributed by atoms with Crippen LogP contribution in [0.5, 0.6) is 23.0 Å². The standard InChI is InChI=1S/C29H28N2O12/c1-13(43-28(41)29(2,3)4)42-27(40)18-10-15(6-8-22(18)34)31-25(37)20-12-16(32)11-19(23(20)35)24(36)30-14-5-7-21(33)17(9-14)26(38)39/h5-13,32-35H,1-4H3,(H,30,36)(H,31,37)(H,38,39). The molecule has 0 spiro atoms. The molecule has 0 fully saturated rings. The summed E-state index contributed by atoms with van der Waals surface area (Å²) in [6.07, 6.45) is -1.30. The molecule has 0 aliphatic carbocycles. The van der Waals surface area contributed by atoms with Gasteiger partial charge in [-0.3, -0.25) is 14.4 Å². The molecule has 0 aliphatic heterocycles. The Hall–Kier alpha value is -5.79. The maximum Gasteiger partial charge on any atom is 0.345 e. The zero-order chi connectivity index (χ0) is 32.2. The summed E-state index contributed by atoms with van der Waals surface area (Å²) in [6.45, 7) is 6.12. The first-order chi connectivity index (χ1) is 20.0. The van der Waals surface area contributed by atoms with Crippen LogP contribution in [0.3, 0.4) is 0 Å². The second-order valence-electron chi connectivity index (χ2n) is 10.2. The van der Waals surface area contributed by atoms with Gasteiger partial charge in [-0.25, -0.2) is 9.59 Å². The number of carboxylic acid groups (broad SMARTS) is 1. The Morgan fingerprint density at radius 2 is 1.16 bits per heavy atom. The number of rotatable bonds is 8. The van der Waals surface area contributed by atoms with Gasteiger partial charge in [0.25, 0.3) is 11.8 Å². The van der Waals surface area contributed by atoms with E-state index >= 15 is 0 Å². The molecule has 0 saturated carbocycles. The first-order valence-corrected chi connectivity index (χ1v) is 12.5. The first kappa shape index (κ1) is 31.7. The van der Waals surface area contributed by atoms with Crippen LogP contribution in [0.2, 0.25) is 0 Å². The van der Waals surface area contributed by atoms with Crippen molar-refractivity contribution in [3.05, 3.63) is 70.8 Å². The van der Waals surface area contributed by atoms with Gasteiger partial charge in [-0.05, 0) is 69.3 Å². The van der Waals surface area contributed by atoms with Gasteiger partial charge in [0, 0.05) is 18.3 Å². The van der Waals surface area contributed by atoms with Crippen LogP contribution in [0, 0.1) is 5.41 Å². The Morgan fingerprint density at radius 3 is 1.63 bits per heavy atom. The van der Waals surface area contributed by atoms with E-state index in [-0.39, 0.29) is 11.4 Å². The van der Waals surface area contributed by atoms with E-state index in [1.807, 2.05) is 0 Å². The predicted molar refractivity (Wildman–Crippen MR) is 149 cm³/mol. The number of hydrogen-bond donors (Lipinski definition) is 7. The monoisotopic (exact) mass is 596 g/mol. The van der Waals surface area contributed by atoms with Crippen LogP contribution in [0.4, 0.5) is 11.4 Å². The van der Waals surface area contributed by atoms with Crippen molar-refractivity contribution in [3.63, 3.8) is 0 Å². The van der Waals surface area contributed by atoms with Crippen LogP contribution in [0.25, 0.3) is 0 Å². The van der Waals surface area contributed by atoms with Crippen molar-refractivity contribution in [2.75, 3.05) is 10.6 Å². The van der Waals surface area contributed by atoms with E-state index < -0.39 is 86.7 Å². The lowest BCUT2D eigenvalue weighted by Crippen LogP contribution is -2.29. The van der Waals surface area contributed by atoms with Crippen molar-refractivity contribution in [1.29, 1.82) is 0 Å². The summed E-state index contributed by atoms with van der Waals surface area (Å²) in [4.78, 5) is 61.7. The van der Waals surface area contributed by atoms with E-state index in [0.29, 0.717) is 0 Å². The minimum atomic E-state index is -1.46. The molecule has 1 atom stereocenters. The number of ether oxygens (including phenoxy) is 2. The van der Waals surface area contributed by atoms with Crippen molar-refractivity contribution in [1.82, 2.24) is 0 Å². The van der Waals surface area contributed by atoms with Gasteiger partial charge in [0.1, 0.15) is 34.1 Å². The lowest BCUT2D eigenvalue weighted by molar-refractivity contribution is -0.174. The van der Waals surface area contributed by atoms with Crippen LogP contribution in [0.15, 0.2) is 48.5 Å². The van der Waals surface area contributed by atoms with Gasteiger partial charge < -0.3 is 45.6 Å². The molecular weight excluding hydrogens is 568 g/mol. The molecule has 226 valence electrons. The zero-order valence-corrected chi connectivity index (χ0v) is 23.3. The van der Waals surface area contributed by atoms with Gasteiger partial charge in [-0.15, -0.1) is 0 Å². The maximum atomic E-state index is 13.0. The molecule has 43 heavy (non-hydrogen) atoms. The smallest absolute Gasteiger partial charge is 0.345 e. The van der Waals surface area contributed by atoms with Gasteiger partial charge in [-0.1, -0.05) is 0 Å². The van der Waals surface area contributed by atoms with E-state index in [1.165, 1.54) is 19.1 Å². The van der Waals surface area contributed by atoms with Crippen LogP contribution >= 0.6 is 0 Å². The third-order valence-electron chi connectivity index (χ3n) is 5.70. The van der Waals surface area contributed by atoms with Crippen molar-refractivity contribution >= 4 is 41.1 Å². The number of aromatic hydroxyl groups is 4. The number of phenols is 4. The van der Waals surface area contributed by atoms with Crippen molar-refractivity contribution in [3.8, 4) is 23.0 Å². The summed E-state index contributed by atoms with van der Waals surface area (Å²) in [5.41, 5.74) is -3.00. The SMILES string of the molecule is CC(OC(=O)c1cc(NC(=O)c2cc(O)cc(C(=O)Nc3ccc(O)c(C(=O)O)c3)c2O)ccc1O)OC(=O)C(C)(C)C. The number of anilines is 2. The normalized spacial score (nSPS) is 11.6. The Morgan fingerprint density at radius 1 is 0.698 bits per heavy atom. The number of amides is 2. The van der Waals surface area contributed by atoms with Crippen LogP contribution in [-0.2, 0) is 14.3 Å². The minimum absolute atomic E-state index is 0.0619. The molecule has 0 bridgehead atoms. The molecule has 1 unspecified atom stereocenters. The van der Waals surface area contributed by atoms with E-state index in [1.54, 1.807) is 20.8 Å². The number of esters is 2. The van der Waals surface area contributed by atoms with Crippen molar-refractivity contribution < 1.29 is 59.0 Å². The third-order valence-corrected chi connectivity index (χ3v) is 5.70. The molecule has 14 nitrogen and oxygen atoms in total. The summed E-state index contributed by atoms with van der Waals surface area (Å²) >= 11 is 0. The molecule has 0 heterocycles. The molecule has 3 aromatic carbocycles. The summed E-state index contributed by atoms with van der Waals surface area (Å²) in [5, 5.41) is 54.4. The lowest BCUT2D eigenvalue weighted by Gasteiger charge is -2.21. The second-order valence-corrected chi connectivity index (χ2v) is 10.2. The van der Waals surface area contributed by atoms with Gasteiger partial charge in [0.15, 0.2) is 0 Å². The fourth-order valence-electron chi connectivity index (χ4n) is 3.49. The quantitative estimate of drug-likeness (QED) is 0.112. The minimum Gasteiger partial charge on any atom is -0.508 e. The van der Waals surface area contributed by atoms with Crippen LogP contribution in [0.1, 0.15) is 69.1 Å². The number of phenolic OH excluding ortho intramolecular Hbond substituents is 3. The van der Waals surface area contributed by atoms with Gasteiger partial charge in [0.05, 0.1) is 16.5 Å². The molecule has 3 rings (SSSR count). The van der Waals surface area contributed by atoms with Crippen molar-refractivity contribution in [2.45, 2.75) is 34.0 Å². The largest absolute Gasteiger partial charge is 0.508 e. The van der Waals surface area contributed by atoms with Gasteiger partial charge >= 0.3 is 17.9 Å². The number of nitrogens with one attached hydrogen (secondary N) is 2. The topological polar surface area (TPSA) is 229 Å². The van der Waals surface area contributed by atoms with Gasteiger partial charge in [-0.2, -0.15) is 0 Å². The molecule has 3 aromatic rings. The molecule has 2 amide bonds. The Labute approximate surface area is 244 Å². The first-order valence-electron chi connectivity index (χ1n) is 12.5. The summed E-state index contributed by atoms with van der Waals surface area (Å²) in [6, 6.07) is 8.25. The molecule has 0 aliphatic rings. The van der Waals surface area contributed by atoms with E-state index in [4.69, 9.17) is 14.6 Å². The summed E-state index contributed by atoms with van der Waals surface area (Å²) in [5.74, 6) is -7.73. The van der Waals surface area contributed by atoms with E-state index in [9.17, 15) is 44.4 Å². The summed E-state index contributed by atoms with van der Waals surface area (Å²) in [7, 11) is 0. The Kier molecular flexibility index (Phi) is 9.14. The number of carbonyl (C=O) groups excluding carboxylic acids is 4. The summed E-state index contributed by atoms with van der Waals surface area (Å²) < 4.78 is 10.1. The lowest BCUT2D eigenvalue weighted by atomic mass is 9.97. The average Bonchev–Trinajstić information content (AvgIpc) is 2.90. The Balaban J connectivity index is 1.80. The zero-order valence-electron chi connectivity index (χ0n) is 23.3. The number of benzene rings is 3. The average molecular weight is 597 g/mol. The van der Waals surface area contributed by atoms with E-state index in [0.717, 1.165) is 36.4 Å².